The molecule has 0 saturated carbocycles. The molecule has 1 saturated heterocycles. The van der Waals surface area contributed by atoms with Crippen LogP contribution in [0.4, 0.5) is 5.69 Å². The van der Waals surface area contributed by atoms with Gasteiger partial charge in [0.15, 0.2) is 18.1 Å². The van der Waals surface area contributed by atoms with E-state index in [1.165, 1.54) is 5.56 Å². The Labute approximate surface area is 225 Å². The highest BCUT2D eigenvalue weighted by atomic mass is 32.1. The highest BCUT2D eigenvalue weighted by molar-refractivity contribution is 7.80. The predicted octanol–water partition coefficient (Wildman–Crippen LogP) is 5.21. The summed E-state index contributed by atoms with van der Waals surface area (Å²) in [7, 11) is 0. The average Bonchev–Trinajstić information content (AvgIpc) is 2.91. The molecule has 0 spiro atoms. The Morgan fingerprint density at radius 1 is 0.892 bits per heavy atom. The second kappa shape index (κ2) is 12.7. The molecule has 7 heteroatoms. The molecule has 0 aliphatic carbocycles. The molecule has 0 atom stereocenters. The SMILES string of the molecule is CCOc1cc(C(=S)N2CCN(Cc3ccccc3)CC2)ccc1OCC(=O)Nc1c(C)cccc1C. The van der Waals surface area contributed by atoms with Crippen LogP contribution in [0.25, 0.3) is 0 Å². The summed E-state index contributed by atoms with van der Waals surface area (Å²) in [6, 6.07) is 22.2. The molecule has 0 aromatic heterocycles. The lowest BCUT2D eigenvalue weighted by Crippen LogP contribution is -2.48. The zero-order chi connectivity index (χ0) is 26.2. The van der Waals surface area contributed by atoms with E-state index in [4.69, 9.17) is 21.7 Å². The van der Waals surface area contributed by atoms with E-state index < -0.39 is 0 Å². The Balaban J connectivity index is 1.35. The fourth-order valence-corrected chi connectivity index (χ4v) is 4.80. The number of carbonyl (C=O) groups excluding carboxylic acids is 1. The van der Waals surface area contributed by atoms with Crippen molar-refractivity contribution >= 4 is 28.8 Å². The molecule has 1 amide bonds. The minimum Gasteiger partial charge on any atom is -0.490 e. The number of nitrogens with zero attached hydrogens (tertiary/aromatic N) is 2. The second-order valence-corrected chi connectivity index (χ2v) is 9.64. The monoisotopic (exact) mass is 517 g/mol. The van der Waals surface area contributed by atoms with E-state index in [1.807, 2.05) is 63.2 Å². The van der Waals surface area contributed by atoms with Gasteiger partial charge in [-0.2, -0.15) is 0 Å². The van der Waals surface area contributed by atoms with Crippen LogP contribution in [0.2, 0.25) is 0 Å². The Morgan fingerprint density at radius 2 is 1.59 bits per heavy atom. The summed E-state index contributed by atoms with van der Waals surface area (Å²) in [6.45, 7) is 10.9. The Morgan fingerprint density at radius 3 is 2.27 bits per heavy atom. The molecule has 4 rings (SSSR count). The molecule has 37 heavy (non-hydrogen) atoms. The summed E-state index contributed by atoms with van der Waals surface area (Å²) >= 11 is 5.85. The van der Waals surface area contributed by atoms with E-state index in [1.54, 1.807) is 0 Å². The lowest BCUT2D eigenvalue weighted by atomic mass is 10.1. The number of anilines is 1. The number of hydrogen-bond acceptors (Lipinski definition) is 5. The number of aryl methyl sites for hydroxylation is 2. The third-order valence-electron chi connectivity index (χ3n) is 6.50. The second-order valence-electron chi connectivity index (χ2n) is 9.25. The number of carbonyl (C=O) groups is 1. The van der Waals surface area contributed by atoms with Gasteiger partial charge in [0.25, 0.3) is 5.91 Å². The smallest absolute Gasteiger partial charge is 0.262 e. The van der Waals surface area contributed by atoms with Crippen molar-refractivity contribution in [1.82, 2.24) is 9.80 Å². The van der Waals surface area contributed by atoms with Crippen LogP contribution in [0, 0.1) is 13.8 Å². The minimum atomic E-state index is -0.215. The van der Waals surface area contributed by atoms with Gasteiger partial charge in [-0.1, -0.05) is 60.7 Å². The number of para-hydroxylation sites is 1. The van der Waals surface area contributed by atoms with Crippen molar-refractivity contribution in [2.45, 2.75) is 27.3 Å². The molecule has 3 aromatic rings. The molecule has 194 valence electrons. The van der Waals surface area contributed by atoms with Gasteiger partial charge in [0, 0.05) is 44.0 Å². The molecule has 1 aliphatic heterocycles. The predicted molar refractivity (Wildman–Crippen MR) is 153 cm³/mol. The van der Waals surface area contributed by atoms with Crippen molar-refractivity contribution in [2.24, 2.45) is 0 Å². The first-order chi connectivity index (χ1) is 17.9. The number of ether oxygens (including phenoxy) is 2. The van der Waals surface area contributed by atoms with Crippen LogP contribution in [0.15, 0.2) is 66.7 Å². The van der Waals surface area contributed by atoms with Crippen molar-refractivity contribution in [3.63, 3.8) is 0 Å². The zero-order valence-electron chi connectivity index (χ0n) is 21.8. The summed E-state index contributed by atoms with van der Waals surface area (Å²) in [5, 5.41) is 2.96. The highest BCUT2D eigenvalue weighted by Crippen LogP contribution is 2.30. The first-order valence-corrected chi connectivity index (χ1v) is 13.2. The van der Waals surface area contributed by atoms with Gasteiger partial charge in [-0.05, 0) is 55.7 Å². The molecule has 1 aliphatic rings. The van der Waals surface area contributed by atoms with E-state index in [9.17, 15) is 4.79 Å². The first kappa shape index (κ1) is 26.6. The van der Waals surface area contributed by atoms with E-state index >= 15 is 0 Å². The molecule has 6 nitrogen and oxygen atoms in total. The van der Waals surface area contributed by atoms with Gasteiger partial charge in [0.1, 0.15) is 4.99 Å². The number of piperazine rings is 1. The Hall–Kier alpha value is -3.42. The number of nitrogens with one attached hydrogen (secondary N) is 1. The van der Waals surface area contributed by atoms with Gasteiger partial charge in [0.2, 0.25) is 0 Å². The van der Waals surface area contributed by atoms with E-state index in [0.717, 1.165) is 60.1 Å². The van der Waals surface area contributed by atoms with Gasteiger partial charge in [0.05, 0.1) is 6.61 Å². The zero-order valence-corrected chi connectivity index (χ0v) is 22.6. The Bertz CT molecular complexity index is 1200. The summed E-state index contributed by atoms with van der Waals surface area (Å²) in [4.78, 5) is 18.1. The van der Waals surface area contributed by atoms with Crippen molar-refractivity contribution in [3.8, 4) is 11.5 Å². The van der Waals surface area contributed by atoms with Crippen molar-refractivity contribution in [3.05, 3.63) is 89.0 Å². The first-order valence-electron chi connectivity index (χ1n) is 12.8. The van der Waals surface area contributed by atoms with Crippen molar-refractivity contribution in [1.29, 1.82) is 0 Å². The van der Waals surface area contributed by atoms with E-state index in [-0.39, 0.29) is 12.5 Å². The van der Waals surface area contributed by atoms with Crippen LogP contribution in [0.5, 0.6) is 11.5 Å². The summed E-state index contributed by atoms with van der Waals surface area (Å²) in [5.74, 6) is 0.899. The van der Waals surface area contributed by atoms with Gasteiger partial charge < -0.3 is 19.7 Å². The maximum atomic E-state index is 12.6. The minimum absolute atomic E-state index is 0.110. The lowest BCUT2D eigenvalue weighted by molar-refractivity contribution is -0.118. The number of rotatable bonds is 9. The van der Waals surface area contributed by atoms with Crippen LogP contribution < -0.4 is 14.8 Å². The molecule has 0 radical (unpaired) electrons. The number of amides is 1. The number of benzene rings is 3. The summed E-state index contributed by atoms with van der Waals surface area (Å²) < 4.78 is 11.7. The average molecular weight is 518 g/mol. The maximum Gasteiger partial charge on any atom is 0.262 e. The molecule has 1 N–H and O–H groups in total. The number of hydrogen-bond donors (Lipinski definition) is 1. The maximum absolute atomic E-state index is 12.6. The lowest BCUT2D eigenvalue weighted by Gasteiger charge is -2.36. The standard InChI is InChI=1S/C30H35N3O3S/c1-4-35-27-19-25(30(37)33-17-15-32(16-18-33)20-24-11-6-5-7-12-24)13-14-26(27)36-21-28(34)31-29-22(2)9-8-10-23(29)3/h5-14,19H,4,15-18,20-21H2,1-3H3,(H,31,34). The van der Waals surface area contributed by atoms with Gasteiger partial charge >= 0.3 is 0 Å². The molecule has 3 aromatic carbocycles. The van der Waals surface area contributed by atoms with Crippen LogP contribution >= 0.6 is 12.2 Å². The summed E-state index contributed by atoms with van der Waals surface area (Å²) in [6.07, 6.45) is 0. The molecule has 1 fully saturated rings. The molecule has 1 heterocycles. The van der Waals surface area contributed by atoms with Crippen molar-refractivity contribution < 1.29 is 14.3 Å². The fourth-order valence-electron chi connectivity index (χ4n) is 4.49. The quantitative estimate of drug-likeness (QED) is 0.393. The molecular formula is C30H35N3O3S. The normalized spacial score (nSPS) is 13.8. The molecule has 0 bridgehead atoms. The van der Waals surface area contributed by atoms with Gasteiger partial charge in [-0.15, -0.1) is 0 Å². The van der Waals surface area contributed by atoms with Crippen LogP contribution in [-0.4, -0.2) is 60.1 Å². The third kappa shape index (κ3) is 7.08. The fraction of sp³-hybridized carbons (Fsp3) is 0.333. The summed E-state index contributed by atoms with van der Waals surface area (Å²) in [5.41, 5.74) is 5.11. The van der Waals surface area contributed by atoms with Crippen LogP contribution in [0.1, 0.15) is 29.2 Å². The molecule has 0 unspecified atom stereocenters. The van der Waals surface area contributed by atoms with Gasteiger partial charge in [-0.3, -0.25) is 9.69 Å². The largest absolute Gasteiger partial charge is 0.490 e. The van der Waals surface area contributed by atoms with Crippen LogP contribution in [-0.2, 0) is 11.3 Å². The number of thiocarbonyl (C=S) groups is 1. The van der Waals surface area contributed by atoms with Gasteiger partial charge in [-0.25, -0.2) is 0 Å². The topological polar surface area (TPSA) is 54.0 Å². The van der Waals surface area contributed by atoms with E-state index in [0.29, 0.717) is 18.1 Å². The van der Waals surface area contributed by atoms with Crippen molar-refractivity contribution in [2.75, 3.05) is 44.7 Å². The van der Waals surface area contributed by atoms with E-state index in [2.05, 4.69) is 39.4 Å². The molecular weight excluding hydrogens is 482 g/mol. The highest BCUT2D eigenvalue weighted by Gasteiger charge is 2.21. The third-order valence-corrected chi connectivity index (χ3v) is 7.00. The Kier molecular flexibility index (Phi) is 9.14. The van der Waals surface area contributed by atoms with Crippen LogP contribution in [0.3, 0.4) is 0 Å².